The van der Waals surface area contributed by atoms with Gasteiger partial charge >= 0.3 is 0 Å². The van der Waals surface area contributed by atoms with Gasteiger partial charge in [0.1, 0.15) is 11.4 Å². The highest BCUT2D eigenvalue weighted by Gasteiger charge is 2.34. The van der Waals surface area contributed by atoms with Gasteiger partial charge in [-0.1, -0.05) is 12.1 Å². The number of benzene rings is 1. The van der Waals surface area contributed by atoms with Crippen LogP contribution >= 0.6 is 0 Å². The van der Waals surface area contributed by atoms with E-state index in [-0.39, 0.29) is 28.8 Å². The van der Waals surface area contributed by atoms with Crippen molar-refractivity contribution in [1.82, 2.24) is 9.88 Å². The third-order valence-corrected chi connectivity index (χ3v) is 4.09. The molecule has 1 N–H and O–H groups in total. The average molecular weight is 314 g/mol. The molecule has 6 heteroatoms. The first-order valence-corrected chi connectivity index (χ1v) is 7.35. The number of hydrogen-bond donors (Lipinski definition) is 1. The third kappa shape index (κ3) is 2.79. The first kappa shape index (κ1) is 15.1. The zero-order valence-electron chi connectivity index (χ0n) is 13.0. The molecule has 120 valence electrons. The summed E-state index contributed by atoms with van der Waals surface area (Å²) in [7, 11) is 3.03. The van der Waals surface area contributed by atoms with E-state index >= 15 is 0 Å². The molecule has 1 aliphatic rings. The largest absolute Gasteiger partial charge is 0.497 e. The van der Waals surface area contributed by atoms with E-state index < -0.39 is 0 Å². The van der Waals surface area contributed by atoms with E-state index in [0.717, 1.165) is 17.7 Å². The number of carbonyl (C=O) groups excluding carboxylic acids is 1. The zero-order chi connectivity index (χ0) is 16.4. The maximum absolute atomic E-state index is 12.6. The summed E-state index contributed by atoms with van der Waals surface area (Å²) in [6, 6.07) is 8.97. The van der Waals surface area contributed by atoms with Crippen LogP contribution in [0.15, 0.2) is 41.3 Å². The lowest BCUT2D eigenvalue weighted by atomic mass is 9.94. The van der Waals surface area contributed by atoms with Crippen LogP contribution < -0.4 is 14.9 Å². The Morgan fingerprint density at radius 3 is 2.70 bits per heavy atom. The van der Waals surface area contributed by atoms with Crippen LogP contribution in [0.2, 0.25) is 0 Å². The molecule has 3 rings (SSSR count). The Balaban J connectivity index is 1.82. The molecule has 0 bridgehead atoms. The molecule has 1 atom stereocenters. The number of rotatable bonds is 4. The quantitative estimate of drug-likeness (QED) is 0.936. The van der Waals surface area contributed by atoms with Crippen molar-refractivity contribution in [2.24, 2.45) is 0 Å². The van der Waals surface area contributed by atoms with Crippen LogP contribution in [-0.4, -0.2) is 36.6 Å². The van der Waals surface area contributed by atoms with Gasteiger partial charge in [-0.2, -0.15) is 0 Å². The van der Waals surface area contributed by atoms with Crippen LogP contribution in [0.4, 0.5) is 0 Å². The fraction of sp³-hybridized carbons (Fsp3) is 0.294. The maximum atomic E-state index is 12.6. The molecular formula is C17H18N2O4. The molecule has 0 saturated carbocycles. The molecule has 1 unspecified atom stereocenters. The second-order valence-corrected chi connectivity index (χ2v) is 5.36. The van der Waals surface area contributed by atoms with Crippen LogP contribution in [0.3, 0.4) is 0 Å². The number of likely N-dealkylation sites (tertiary alicyclic amines) is 1. The first-order chi connectivity index (χ1) is 11.1. The predicted octanol–water partition coefficient (Wildman–Crippen LogP) is 1.98. The Morgan fingerprint density at radius 2 is 2.09 bits per heavy atom. The molecule has 6 nitrogen and oxygen atoms in total. The number of aromatic amines is 1. The number of amides is 1. The standard InChI is InChI=1S/C17H18N2O4/c1-22-12-5-3-4-11(8-12)14-6-7-19(14)17(21)13-9-15(20)16(23-2)10-18-13/h3-5,8-10,14H,6-7H2,1-2H3,(H,18,20). The summed E-state index contributed by atoms with van der Waals surface area (Å²) in [5.74, 6) is 0.762. The lowest BCUT2D eigenvalue weighted by Crippen LogP contribution is -2.45. The summed E-state index contributed by atoms with van der Waals surface area (Å²) in [6.45, 7) is 0.661. The highest BCUT2D eigenvalue weighted by Crippen LogP contribution is 2.35. The van der Waals surface area contributed by atoms with Gasteiger partial charge in [0.25, 0.3) is 5.91 Å². The van der Waals surface area contributed by atoms with Gasteiger partial charge < -0.3 is 19.4 Å². The smallest absolute Gasteiger partial charge is 0.270 e. The second-order valence-electron chi connectivity index (χ2n) is 5.36. The van der Waals surface area contributed by atoms with Crippen LogP contribution in [-0.2, 0) is 0 Å². The van der Waals surface area contributed by atoms with Gasteiger partial charge in [0.05, 0.1) is 20.3 Å². The van der Waals surface area contributed by atoms with E-state index in [0.29, 0.717) is 6.54 Å². The molecule has 2 heterocycles. The average Bonchev–Trinajstić information content (AvgIpc) is 2.54. The first-order valence-electron chi connectivity index (χ1n) is 7.35. The van der Waals surface area contributed by atoms with Crippen LogP contribution in [0.25, 0.3) is 0 Å². The van der Waals surface area contributed by atoms with Crippen LogP contribution in [0.1, 0.15) is 28.5 Å². The van der Waals surface area contributed by atoms with Crippen molar-refractivity contribution in [3.8, 4) is 11.5 Å². The summed E-state index contributed by atoms with van der Waals surface area (Å²) < 4.78 is 10.1. The van der Waals surface area contributed by atoms with Gasteiger partial charge in [0.15, 0.2) is 5.75 Å². The minimum absolute atomic E-state index is 0.00297. The number of nitrogens with zero attached hydrogens (tertiary/aromatic N) is 1. The Labute approximate surface area is 133 Å². The minimum Gasteiger partial charge on any atom is -0.497 e. The van der Waals surface area contributed by atoms with Crippen molar-refractivity contribution < 1.29 is 14.3 Å². The molecule has 1 aromatic heterocycles. The maximum Gasteiger partial charge on any atom is 0.270 e. The van der Waals surface area contributed by atoms with Crippen LogP contribution in [0, 0.1) is 0 Å². The highest BCUT2D eigenvalue weighted by molar-refractivity contribution is 5.93. The van der Waals surface area contributed by atoms with E-state index in [4.69, 9.17) is 9.47 Å². The molecular weight excluding hydrogens is 296 g/mol. The molecule has 1 amide bonds. The Kier molecular flexibility index (Phi) is 4.06. The van der Waals surface area contributed by atoms with E-state index in [1.807, 2.05) is 24.3 Å². The van der Waals surface area contributed by atoms with Gasteiger partial charge in [-0.25, -0.2) is 0 Å². The van der Waals surface area contributed by atoms with E-state index in [2.05, 4.69) is 4.98 Å². The topological polar surface area (TPSA) is 71.6 Å². The van der Waals surface area contributed by atoms with Crippen molar-refractivity contribution in [3.05, 3.63) is 58.0 Å². The molecule has 2 aromatic rings. The number of aromatic nitrogens is 1. The van der Waals surface area contributed by atoms with E-state index in [1.165, 1.54) is 19.4 Å². The van der Waals surface area contributed by atoms with E-state index in [1.54, 1.807) is 12.0 Å². The molecule has 0 aliphatic carbocycles. The fourth-order valence-corrected chi connectivity index (χ4v) is 2.72. The number of ether oxygens (including phenoxy) is 2. The summed E-state index contributed by atoms with van der Waals surface area (Å²) in [5, 5.41) is 0. The molecule has 1 aliphatic heterocycles. The number of hydrogen-bond acceptors (Lipinski definition) is 4. The Hall–Kier alpha value is -2.76. The van der Waals surface area contributed by atoms with Crippen LogP contribution in [0.5, 0.6) is 11.5 Å². The number of pyridine rings is 1. The summed E-state index contributed by atoms with van der Waals surface area (Å²) in [5.41, 5.74) is 0.983. The van der Waals surface area contributed by atoms with Gasteiger partial charge in [0, 0.05) is 18.8 Å². The molecule has 23 heavy (non-hydrogen) atoms. The molecule has 0 spiro atoms. The van der Waals surface area contributed by atoms with E-state index in [9.17, 15) is 9.59 Å². The Morgan fingerprint density at radius 1 is 1.26 bits per heavy atom. The minimum atomic E-state index is -0.312. The molecule has 0 radical (unpaired) electrons. The monoisotopic (exact) mass is 314 g/mol. The summed E-state index contributed by atoms with van der Waals surface area (Å²) in [4.78, 5) is 29.0. The zero-order valence-corrected chi connectivity index (χ0v) is 13.0. The summed E-state index contributed by atoms with van der Waals surface area (Å²) in [6.07, 6.45) is 2.30. The van der Waals surface area contributed by atoms with Gasteiger partial charge in [-0.05, 0) is 24.1 Å². The second kappa shape index (κ2) is 6.16. The SMILES string of the molecule is COc1cccc(C2CCN2C(=O)c2cc(=O)c(OC)c[nH]2)c1. The van der Waals surface area contributed by atoms with Gasteiger partial charge in [0.2, 0.25) is 5.43 Å². The number of carbonyl (C=O) groups is 1. The lowest BCUT2D eigenvalue weighted by Gasteiger charge is -2.41. The fourth-order valence-electron chi connectivity index (χ4n) is 2.72. The lowest BCUT2D eigenvalue weighted by molar-refractivity contribution is 0.0453. The molecule has 1 aromatic carbocycles. The van der Waals surface area contributed by atoms with Crippen molar-refractivity contribution in [3.63, 3.8) is 0 Å². The number of methoxy groups -OCH3 is 2. The number of H-pyrrole nitrogens is 1. The third-order valence-electron chi connectivity index (χ3n) is 4.09. The van der Waals surface area contributed by atoms with Crippen molar-refractivity contribution in [2.75, 3.05) is 20.8 Å². The van der Waals surface area contributed by atoms with Crippen molar-refractivity contribution in [2.45, 2.75) is 12.5 Å². The Bertz CT molecular complexity index is 784. The van der Waals surface area contributed by atoms with Gasteiger partial charge in [-0.3, -0.25) is 9.59 Å². The normalized spacial score (nSPS) is 16.6. The van der Waals surface area contributed by atoms with Crippen molar-refractivity contribution in [1.29, 1.82) is 0 Å². The molecule has 1 fully saturated rings. The summed E-state index contributed by atoms with van der Waals surface area (Å²) >= 11 is 0. The molecule has 1 saturated heterocycles. The predicted molar refractivity (Wildman–Crippen MR) is 85.0 cm³/mol. The highest BCUT2D eigenvalue weighted by atomic mass is 16.5. The van der Waals surface area contributed by atoms with Gasteiger partial charge in [-0.15, -0.1) is 0 Å². The number of nitrogens with one attached hydrogen (secondary N) is 1. The van der Waals surface area contributed by atoms with Crippen molar-refractivity contribution >= 4 is 5.91 Å².